The van der Waals surface area contributed by atoms with Gasteiger partial charge in [0.25, 0.3) is 11.8 Å². The number of pyridine rings is 1. The summed E-state index contributed by atoms with van der Waals surface area (Å²) in [6.45, 7) is 3.66. The Labute approximate surface area is 541 Å². The lowest BCUT2D eigenvalue weighted by Crippen LogP contribution is -2.52. The van der Waals surface area contributed by atoms with Crippen LogP contribution in [0.1, 0.15) is 105 Å². The number of benzene rings is 2. The number of halogens is 2. The van der Waals surface area contributed by atoms with Gasteiger partial charge in [0.1, 0.15) is 17.8 Å². The molecule has 93 heavy (non-hydrogen) atoms. The smallest absolute Gasteiger partial charge is 0.317 e. The second-order valence-electron chi connectivity index (χ2n) is 24.2. The number of carboxylic acid groups (broad SMARTS) is 3. The van der Waals surface area contributed by atoms with Crippen LogP contribution in [-0.4, -0.2) is 259 Å². The standard InChI is InChI=1S/C65H92F2N12O14/c1-47-12-14-48(15-13-47)9-7-10-56(80)70-24-37-92-36-21-55(73-57(81)42-74-27-29-75(43-60(84)85)31-33-77(45-62(88)89)34-32-76(30-28-74)44-61(86)87)64(91)71-22-5-2-3-11-58(82)78-25-19-49(20-26-78)8-4-6-35-93-51-16-17-54-53(38-51)52(18-23-69-54)63(90)72-41-59(83)79-46-65(66,67)39-50(79)40-68/h12-18,23,38,49-50,55H,2-11,19-22,24-37,39,41-46H2,1H3,(H,70,80)(H,71,91)(H,72,90)(H,73,81)(H,84,85)(H,86,87)(H,88,89)/t50-,55+/m1/s1. The minimum absolute atomic E-state index is 0.0748. The van der Waals surface area contributed by atoms with Gasteiger partial charge in [-0.05, 0) is 100 Å². The number of carboxylic acids is 3. The van der Waals surface area contributed by atoms with E-state index in [9.17, 15) is 72.5 Å². The number of carbonyl (C=O) groups is 9. The second-order valence-corrected chi connectivity index (χ2v) is 24.2. The molecule has 4 heterocycles. The van der Waals surface area contributed by atoms with Gasteiger partial charge in [-0.3, -0.25) is 67.7 Å². The number of hydrogen-bond acceptors (Lipinski definition) is 17. The molecule has 3 fully saturated rings. The van der Waals surface area contributed by atoms with Crippen LogP contribution in [0.2, 0.25) is 0 Å². The van der Waals surface area contributed by atoms with Crippen molar-refractivity contribution in [2.75, 3.05) is 138 Å². The summed E-state index contributed by atoms with van der Waals surface area (Å²) in [5.41, 5.74) is 3.06. The molecule has 0 unspecified atom stereocenters. The van der Waals surface area contributed by atoms with E-state index >= 15 is 0 Å². The fourth-order valence-electron chi connectivity index (χ4n) is 11.6. The van der Waals surface area contributed by atoms with Crippen molar-refractivity contribution >= 4 is 64.3 Å². The minimum Gasteiger partial charge on any atom is -0.494 e. The summed E-state index contributed by atoms with van der Waals surface area (Å²) in [5.74, 6) is -7.76. The van der Waals surface area contributed by atoms with E-state index in [1.807, 2.05) is 24.0 Å². The molecule has 1 aromatic heterocycles. The predicted molar refractivity (Wildman–Crippen MR) is 338 cm³/mol. The van der Waals surface area contributed by atoms with E-state index in [2.05, 4.69) is 38.4 Å². The quantitative estimate of drug-likeness (QED) is 0.0416. The average Bonchev–Trinajstić information content (AvgIpc) is 1.78. The van der Waals surface area contributed by atoms with Gasteiger partial charge in [-0.2, -0.15) is 5.26 Å². The molecule has 3 aromatic rings. The van der Waals surface area contributed by atoms with E-state index in [1.54, 1.807) is 43.9 Å². The highest BCUT2D eigenvalue weighted by Crippen LogP contribution is 2.32. The van der Waals surface area contributed by atoms with Crippen LogP contribution in [0.3, 0.4) is 0 Å². The molecule has 2 aromatic carbocycles. The molecule has 0 saturated carbocycles. The Kier molecular flexibility index (Phi) is 31.0. The Morgan fingerprint density at radius 3 is 1.94 bits per heavy atom. The third kappa shape index (κ3) is 27.3. The fourth-order valence-corrected chi connectivity index (χ4v) is 11.6. The number of unbranched alkanes of at least 4 members (excludes halogenated alkanes) is 3. The van der Waals surface area contributed by atoms with Gasteiger partial charge in [-0.25, -0.2) is 8.78 Å². The number of ether oxygens (including phenoxy) is 2. The van der Waals surface area contributed by atoms with Gasteiger partial charge in [-0.15, -0.1) is 0 Å². The molecule has 7 N–H and O–H groups in total. The molecule has 26 nitrogen and oxygen atoms in total. The molecular formula is C65H92F2N12O14. The third-order valence-electron chi connectivity index (χ3n) is 16.8. The number of nitrogens with one attached hydrogen (secondary N) is 4. The van der Waals surface area contributed by atoms with Crippen LogP contribution in [-0.2, 0) is 49.5 Å². The maximum Gasteiger partial charge on any atom is 0.317 e. The normalized spacial score (nSPS) is 17.5. The molecule has 3 aliphatic heterocycles. The van der Waals surface area contributed by atoms with Gasteiger partial charge in [0, 0.05) is 116 Å². The Balaban J connectivity index is 0.906. The summed E-state index contributed by atoms with van der Waals surface area (Å²) < 4.78 is 39.7. The number of alkyl halides is 2. The van der Waals surface area contributed by atoms with Crippen LogP contribution in [0.5, 0.6) is 5.75 Å². The second kappa shape index (κ2) is 38.9. The number of aryl methyl sites for hydroxylation is 2. The molecule has 0 aliphatic carbocycles. The van der Waals surface area contributed by atoms with Crippen LogP contribution < -0.4 is 26.0 Å². The number of carbonyl (C=O) groups excluding carboxylic acids is 6. The summed E-state index contributed by atoms with van der Waals surface area (Å²) in [6, 6.07) is 14.3. The first kappa shape index (κ1) is 74.1. The van der Waals surface area contributed by atoms with Crippen LogP contribution in [0.25, 0.3) is 10.9 Å². The fraction of sp³-hybridized carbons (Fsp3) is 0.615. The lowest BCUT2D eigenvalue weighted by molar-refractivity contribution is -0.140. The lowest BCUT2D eigenvalue weighted by Gasteiger charge is -2.33. The molecule has 0 radical (unpaired) electrons. The van der Waals surface area contributed by atoms with Crippen LogP contribution in [0, 0.1) is 24.2 Å². The third-order valence-corrected chi connectivity index (χ3v) is 16.8. The topological polar surface area (TPSA) is 337 Å². The Morgan fingerprint density at radius 1 is 0.677 bits per heavy atom. The predicted octanol–water partition coefficient (Wildman–Crippen LogP) is 3.00. The van der Waals surface area contributed by atoms with Gasteiger partial charge in [0.2, 0.25) is 29.5 Å². The molecule has 3 saturated heterocycles. The van der Waals surface area contributed by atoms with Gasteiger partial charge in [0.15, 0.2) is 0 Å². The van der Waals surface area contributed by atoms with Gasteiger partial charge >= 0.3 is 17.9 Å². The molecule has 2 atom stereocenters. The Hall–Kier alpha value is -7.97. The number of fused-ring (bicyclic) bond motifs is 1. The van der Waals surface area contributed by atoms with Gasteiger partial charge in [-0.1, -0.05) is 42.7 Å². The molecule has 0 spiro atoms. The number of nitriles is 1. The number of amides is 6. The summed E-state index contributed by atoms with van der Waals surface area (Å²) in [4.78, 5) is 128. The summed E-state index contributed by atoms with van der Waals surface area (Å²) in [5, 5.41) is 49.7. The monoisotopic (exact) mass is 1300 g/mol. The van der Waals surface area contributed by atoms with Crippen molar-refractivity contribution < 1.29 is 76.7 Å². The number of piperidine rings is 1. The number of hydrogen-bond donors (Lipinski definition) is 7. The summed E-state index contributed by atoms with van der Waals surface area (Å²) in [6.07, 6.45) is 9.27. The summed E-state index contributed by atoms with van der Waals surface area (Å²) in [7, 11) is 0. The van der Waals surface area contributed by atoms with Crippen molar-refractivity contribution in [3.63, 3.8) is 0 Å². The van der Waals surface area contributed by atoms with Crippen molar-refractivity contribution in [2.24, 2.45) is 5.92 Å². The first-order valence-corrected chi connectivity index (χ1v) is 32.3. The lowest BCUT2D eigenvalue weighted by atomic mass is 9.91. The van der Waals surface area contributed by atoms with Crippen LogP contribution >= 0.6 is 0 Å². The molecule has 28 heteroatoms. The number of aromatic nitrogens is 1. The SMILES string of the molecule is Cc1ccc(CCCC(=O)NCCOCC[C@H](NC(=O)CN2CCN(CC(=O)O)CCN(CC(=O)O)CCN(CC(=O)O)CC2)C(=O)NCCCCCC(=O)N2CCC(CCCCOc3ccc4nccc(C(=O)NCC(=O)N5CC(F)(F)C[C@@H]5C#N)c4c3)CC2)cc1. The molecule has 3 aliphatic rings. The average molecular weight is 1300 g/mol. The highest BCUT2D eigenvalue weighted by atomic mass is 19.3. The highest BCUT2D eigenvalue weighted by Gasteiger charge is 2.47. The van der Waals surface area contributed by atoms with Crippen LogP contribution in [0.15, 0.2) is 54.7 Å². The van der Waals surface area contributed by atoms with E-state index in [0.717, 1.165) is 49.0 Å². The van der Waals surface area contributed by atoms with Crippen molar-refractivity contribution in [3.8, 4) is 11.8 Å². The molecule has 6 amide bonds. The molecule has 0 bridgehead atoms. The molecular weight excluding hydrogens is 1210 g/mol. The number of aliphatic carboxylic acids is 3. The van der Waals surface area contributed by atoms with E-state index in [4.69, 9.17) is 9.47 Å². The van der Waals surface area contributed by atoms with Crippen molar-refractivity contribution in [3.05, 3.63) is 71.4 Å². The van der Waals surface area contributed by atoms with Gasteiger partial charge in [0.05, 0.1) is 69.6 Å². The van der Waals surface area contributed by atoms with Crippen molar-refractivity contribution in [1.82, 2.24) is 55.7 Å². The minimum atomic E-state index is -3.17. The van der Waals surface area contributed by atoms with E-state index < -0.39 is 79.1 Å². The Bertz CT molecular complexity index is 2970. The van der Waals surface area contributed by atoms with E-state index in [-0.39, 0.29) is 129 Å². The number of nitrogens with zero attached hydrogens (tertiary/aromatic N) is 8. The van der Waals surface area contributed by atoms with E-state index in [1.165, 1.54) is 17.8 Å². The highest BCUT2D eigenvalue weighted by molar-refractivity contribution is 6.07. The summed E-state index contributed by atoms with van der Waals surface area (Å²) >= 11 is 0. The van der Waals surface area contributed by atoms with Gasteiger partial charge < -0.3 is 55.9 Å². The first-order chi connectivity index (χ1) is 44.6. The zero-order chi connectivity index (χ0) is 67.1. The zero-order valence-electron chi connectivity index (χ0n) is 53.3. The molecule has 510 valence electrons. The Morgan fingerprint density at radius 2 is 1.31 bits per heavy atom. The van der Waals surface area contributed by atoms with Crippen molar-refractivity contribution in [1.29, 1.82) is 5.26 Å². The van der Waals surface area contributed by atoms with Crippen molar-refractivity contribution in [2.45, 2.75) is 115 Å². The number of rotatable bonds is 35. The maximum atomic E-state index is 13.9. The van der Waals surface area contributed by atoms with Crippen LogP contribution in [0.4, 0.5) is 8.78 Å². The van der Waals surface area contributed by atoms with E-state index in [0.29, 0.717) is 80.8 Å². The zero-order valence-corrected chi connectivity index (χ0v) is 53.3. The molecule has 6 rings (SSSR count). The number of likely N-dealkylation sites (tertiary alicyclic amines) is 2. The maximum absolute atomic E-state index is 13.9. The largest absolute Gasteiger partial charge is 0.494 e. The first-order valence-electron chi connectivity index (χ1n) is 32.3.